The average Bonchev–Trinajstić information content (AvgIpc) is 2.86. The Bertz CT molecular complexity index is 669. The van der Waals surface area contributed by atoms with Gasteiger partial charge in [0, 0.05) is 45.5 Å². The van der Waals surface area contributed by atoms with Crippen molar-refractivity contribution in [3.8, 4) is 0 Å². The molecule has 0 spiro atoms. The van der Waals surface area contributed by atoms with Gasteiger partial charge in [-0.2, -0.15) is 0 Å². The van der Waals surface area contributed by atoms with E-state index < -0.39 is 0 Å². The molecule has 0 atom stereocenters. The topological polar surface area (TPSA) is 54.3 Å². The smallest absolute Gasteiger partial charge is 0.255 e. The third-order valence-electron chi connectivity index (χ3n) is 4.17. The van der Waals surface area contributed by atoms with Crippen molar-refractivity contribution in [3.05, 3.63) is 24.2 Å². The number of imidazole rings is 1. The molecule has 6 nitrogen and oxygen atoms in total. The van der Waals surface area contributed by atoms with E-state index in [1.54, 1.807) is 17.4 Å². The van der Waals surface area contributed by atoms with Gasteiger partial charge in [0.25, 0.3) is 5.91 Å². The lowest BCUT2D eigenvalue weighted by Crippen LogP contribution is -2.43. The zero-order valence-corrected chi connectivity index (χ0v) is 14.9. The lowest BCUT2D eigenvalue weighted by molar-refractivity contribution is 0.0754. The van der Waals surface area contributed by atoms with Crippen LogP contribution in [0.3, 0.4) is 0 Å². The molecule has 0 saturated heterocycles. The van der Waals surface area contributed by atoms with Crippen LogP contribution in [-0.2, 0) is 7.05 Å². The van der Waals surface area contributed by atoms with E-state index in [4.69, 9.17) is 0 Å². The molecule has 0 bridgehead atoms. The number of amides is 1. The fourth-order valence-electron chi connectivity index (χ4n) is 2.83. The molecule has 2 heterocycles. The maximum absolute atomic E-state index is 12.6. The maximum Gasteiger partial charge on any atom is 0.255 e. The second-order valence-corrected chi connectivity index (χ2v) is 6.57. The van der Waals surface area contributed by atoms with Crippen LogP contribution in [0, 0.1) is 0 Å². The van der Waals surface area contributed by atoms with Gasteiger partial charge < -0.3 is 9.47 Å². The summed E-state index contributed by atoms with van der Waals surface area (Å²) in [4.78, 5) is 25.3. The van der Waals surface area contributed by atoms with Crippen LogP contribution in [0.25, 0.3) is 11.2 Å². The van der Waals surface area contributed by atoms with Gasteiger partial charge in [-0.25, -0.2) is 9.97 Å². The van der Waals surface area contributed by atoms with Gasteiger partial charge in [0.15, 0.2) is 5.65 Å². The van der Waals surface area contributed by atoms with Crippen molar-refractivity contribution in [2.24, 2.45) is 7.05 Å². The molecule has 0 fully saturated rings. The second-order valence-electron chi connectivity index (χ2n) is 6.57. The third-order valence-corrected chi connectivity index (χ3v) is 4.17. The van der Waals surface area contributed by atoms with E-state index in [-0.39, 0.29) is 5.91 Å². The summed E-state index contributed by atoms with van der Waals surface area (Å²) in [5, 5.41) is 0. The first-order valence-electron chi connectivity index (χ1n) is 8.09. The van der Waals surface area contributed by atoms with Crippen molar-refractivity contribution in [1.82, 2.24) is 24.3 Å². The molecule has 2 rings (SSSR count). The molecule has 0 aliphatic heterocycles. The van der Waals surface area contributed by atoms with E-state index in [0.29, 0.717) is 24.2 Å². The predicted octanol–water partition coefficient (Wildman–Crippen LogP) is 2.16. The van der Waals surface area contributed by atoms with Crippen LogP contribution < -0.4 is 0 Å². The first-order chi connectivity index (χ1) is 10.8. The molecule has 0 N–H and O–H groups in total. The highest BCUT2D eigenvalue weighted by Gasteiger charge is 2.17. The molecule has 1 amide bonds. The largest absolute Gasteiger partial charge is 0.340 e. The number of fused-ring (bicyclic) bond motifs is 1. The van der Waals surface area contributed by atoms with E-state index in [1.165, 1.54) is 0 Å². The summed E-state index contributed by atoms with van der Waals surface area (Å²) < 4.78 is 1.84. The minimum absolute atomic E-state index is 0.0162. The van der Waals surface area contributed by atoms with Crippen LogP contribution in [0.1, 0.15) is 38.1 Å². The molecule has 0 aromatic carbocycles. The predicted molar refractivity (Wildman–Crippen MR) is 92.4 cm³/mol. The first kappa shape index (κ1) is 17.4. The third kappa shape index (κ3) is 3.88. The van der Waals surface area contributed by atoms with Crippen molar-refractivity contribution in [1.29, 1.82) is 0 Å². The molecule has 0 unspecified atom stereocenters. The Morgan fingerprint density at radius 1 is 1.17 bits per heavy atom. The highest BCUT2D eigenvalue weighted by molar-refractivity contribution is 5.96. The Balaban J connectivity index is 2.06. The summed E-state index contributed by atoms with van der Waals surface area (Å²) in [6.45, 7) is 10.3. The molecule has 126 valence electrons. The number of hydrogen-bond donors (Lipinski definition) is 0. The molecule has 2 aromatic heterocycles. The monoisotopic (exact) mass is 317 g/mol. The van der Waals surface area contributed by atoms with Gasteiger partial charge >= 0.3 is 0 Å². The molecule has 0 saturated carbocycles. The molecular weight excluding hydrogens is 290 g/mol. The SMILES string of the molecule is CC(C)N(CCN(C)C(=O)c1cnc2c(c1)ncn2C)C(C)C. The molecule has 0 aliphatic rings. The van der Waals surface area contributed by atoms with Crippen LogP contribution in [0.2, 0.25) is 0 Å². The highest BCUT2D eigenvalue weighted by Crippen LogP contribution is 2.12. The second kappa shape index (κ2) is 7.08. The van der Waals surface area contributed by atoms with E-state index in [0.717, 1.165) is 17.7 Å². The lowest BCUT2D eigenvalue weighted by Gasteiger charge is -2.32. The number of likely N-dealkylation sites (N-methyl/N-ethyl adjacent to an activating group) is 1. The maximum atomic E-state index is 12.6. The fourth-order valence-corrected chi connectivity index (χ4v) is 2.83. The Labute approximate surface area is 138 Å². The van der Waals surface area contributed by atoms with Gasteiger partial charge in [0.1, 0.15) is 5.52 Å². The Morgan fingerprint density at radius 2 is 1.83 bits per heavy atom. The van der Waals surface area contributed by atoms with Crippen LogP contribution in [0.4, 0.5) is 0 Å². The standard InChI is InChI=1S/C17H27N5O/c1-12(2)22(13(3)4)8-7-20(5)17(23)14-9-15-16(18-10-14)21(6)11-19-15/h9-13H,7-8H2,1-6H3. The van der Waals surface area contributed by atoms with Crippen LogP contribution in [0.15, 0.2) is 18.6 Å². The molecular formula is C17H27N5O. The highest BCUT2D eigenvalue weighted by atomic mass is 16.2. The van der Waals surface area contributed by atoms with Crippen LogP contribution in [-0.4, -0.2) is 62.5 Å². The van der Waals surface area contributed by atoms with Gasteiger partial charge in [-0.05, 0) is 33.8 Å². The zero-order chi connectivity index (χ0) is 17.1. The van der Waals surface area contributed by atoms with Crippen molar-refractivity contribution in [2.45, 2.75) is 39.8 Å². The van der Waals surface area contributed by atoms with Crippen LogP contribution in [0.5, 0.6) is 0 Å². The molecule has 2 aromatic rings. The zero-order valence-electron chi connectivity index (χ0n) is 14.9. The normalized spacial score (nSPS) is 11.9. The molecule has 0 radical (unpaired) electrons. The van der Waals surface area contributed by atoms with E-state index >= 15 is 0 Å². The van der Waals surface area contributed by atoms with Gasteiger partial charge in [-0.15, -0.1) is 0 Å². The quantitative estimate of drug-likeness (QED) is 0.819. The lowest BCUT2D eigenvalue weighted by atomic mass is 10.2. The number of aromatic nitrogens is 3. The molecule has 6 heteroatoms. The van der Waals surface area contributed by atoms with Crippen molar-refractivity contribution < 1.29 is 4.79 Å². The summed E-state index contributed by atoms with van der Waals surface area (Å²) in [5.74, 6) is -0.0162. The average molecular weight is 317 g/mol. The number of pyridine rings is 1. The minimum Gasteiger partial charge on any atom is -0.340 e. The van der Waals surface area contributed by atoms with E-state index in [2.05, 4.69) is 42.6 Å². The van der Waals surface area contributed by atoms with Crippen LogP contribution >= 0.6 is 0 Å². The minimum atomic E-state index is -0.0162. The Kier molecular flexibility index (Phi) is 5.36. The van der Waals surface area contributed by atoms with Gasteiger partial charge in [0.2, 0.25) is 0 Å². The summed E-state index contributed by atoms with van der Waals surface area (Å²) in [6.07, 6.45) is 3.34. The summed E-state index contributed by atoms with van der Waals surface area (Å²) in [5.41, 5.74) is 2.12. The van der Waals surface area contributed by atoms with Gasteiger partial charge in [0.05, 0.1) is 11.9 Å². The number of rotatable bonds is 6. The van der Waals surface area contributed by atoms with Gasteiger partial charge in [-0.3, -0.25) is 9.69 Å². The Morgan fingerprint density at radius 3 is 2.43 bits per heavy atom. The number of carbonyl (C=O) groups excluding carboxylic acids is 1. The summed E-state index contributed by atoms with van der Waals surface area (Å²) in [6, 6.07) is 2.74. The number of nitrogens with zero attached hydrogens (tertiary/aromatic N) is 5. The van der Waals surface area contributed by atoms with Gasteiger partial charge in [-0.1, -0.05) is 0 Å². The summed E-state index contributed by atoms with van der Waals surface area (Å²) >= 11 is 0. The fraction of sp³-hybridized carbons (Fsp3) is 0.588. The Hall–Kier alpha value is -1.95. The van der Waals surface area contributed by atoms with Crippen molar-refractivity contribution in [3.63, 3.8) is 0 Å². The summed E-state index contributed by atoms with van der Waals surface area (Å²) in [7, 11) is 3.73. The number of carbonyl (C=O) groups is 1. The number of aryl methyl sites for hydroxylation is 1. The first-order valence-corrected chi connectivity index (χ1v) is 8.09. The van der Waals surface area contributed by atoms with Crippen molar-refractivity contribution in [2.75, 3.05) is 20.1 Å². The van der Waals surface area contributed by atoms with E-state index in [9.17, 15) is 4.79 Å². The van der Waals surface area contributed by atoms with E-state index in [1.807, 2.05) is 24.7 Å². The molecule has 23 heavy (non-hydrogen) atoms. The number of hydrogen-bond acceptors (Lipinski definition) is 4. The van der Waals surface area contributed by atoms with Crippen molar-refractivity contribution >= 4 is 17.1 Å². The molecule has 0 aliphatic carbocycles.